The van der Waals surface area contributed by atoms with E-state index in [1.54, 1.807) is 21.3 Å². The highest BCUT2D eigenvalue weighted by Crippen LogP contribution is 2.41. The zero-order valence-corrected chi connectivity index (χ0v) is 20.0. The zero-order valence-electron chi connectivity index (χ0n) is 19.2. The normalized spacial score (nSPS) is 31.2. The predicted octanol–water partition coefficient (Wildman–Crippen LogP) is 3.30. The fourth-order valence-corrected chi connectivity index (χ4v) is 7.65. The van der Waals surface area contributed by atoms with Crippen LogP contribution in [-0.4, -0.2) is 61.8 Å². The molecule has 7 nitrogen and oxygen atoms in total. The Bertz CT molecular complexity index is 951. The molecule has 0 spiro atoms. The van der Waals surface area contributed by atoms with E-state index >= 15 is 0 Å². The van der Waals surface area contributed by atoms with Crippen LogP contribution < -0.4 is 0 Å². The Labute approximate surface area is 191 Å². The molecule has 1 aliphatic carbocycles. The van der Waals surface area contributed by atoms with Crippen molar-refractivity contribution in [1.29, 1.82) is 0 Å². The van der Waals surface area contributed by atoms with Gasteiger partial charge in [-0.2, -0.15) is 4.31 Å². The molecule has 2 saturated heterocycles. The van der Waals surface area contributed by atoms with E-state index in [2.05, 4.69) is 13.8 Å². The van der Waals surface area contributed by atoms with Crippen molar-refractivity contribution >= 4 is 21.9 Å². The van der Waals surface area contributed by atoms with E-state index in [4.69, 9.17) is 4.74 Å². The van der Waals surface area contributed by atoms with Crippen molar-refractivity contribution in [1.82, 2.24) is 9.21 Å². The van der Waals surface area contributed by atoms with Crippen LogP contribution in [0.3, 0.4) is 0 Å². The number of carbonyl (C=O) groups excluding carboxylic acids is 2. The molecule has 0 radical (unpaired) electrons. The van der Waals surface area contributed by atoms with Gasteiger partial charge in [-0.05, 0) is 67.7 Å². The number of hydrogen-bond donors (Lipinski definition) is 0. The summed E-state index contributed by atoms with van der Waals surface area (Å²) in [5.74, 6) is 0.366. The summed E-state index contributed by atoms with van der Waals surface area (Å²) in [6, 6.07) is 5.68. The summed E-state index contributed by atoms with van der Waals surface area (Å²) in [4.78, 5) is 27.8. The molecule has 176 valence electrons. The summed E-state index contributed by atoms with van der Waals surface area (Å²) in [6.45, 7) is 5.19. The third kappa shape index (κ3) is 4.31. The molecule has 1 aromatic carbocycles. The Kier molecular flexibility index (Phi) is 6.63. The van der Waals surface area contributed by atoms with E-state index in [9.17, 15) is 18.0 Å². The lowest BCUT2D eigenvalue weighted by Gasteiger charge is -2.34. The molecule has 4 rings (SSSR count). The number of rotatable bonds is 4. The number of nitrogens with zero attached hydrogens (tertiary/aromatic N) is 2. The highest BCUT2D eigenvalue weighted by molar-refractivity contribution is 7.89. The van der Waals surface area contributed by atoms with E-state index in [1.165, 1.54) is 19.2 Å². The largest absolute Gasteiger partial charge is 0.467 e. The second-order valence-electron chi connectivity index (χ2n) is 9.89. The number of methoxy groups -OCH3 is 1. The maximum Gasteiger partial charge on any atom is 0.328 e. The smallest absolute Gasteiger partial charge is 0.328 e. The molecule has 3 fully saturated rings. The van der Waals surface area contributed by atoms with Gasteiger partial charge >= 0.3 is 5.97 Å². The van der Waals surface area contributed by atoms with Crippen molar-refractivity contribution in [2.45, 2.75) is 69.4 Å². The number of likely N-dealkylation sites (tertiary alicyclic amines) is 1. The van der Waals surface area contributed by atoms with Gasteiger partial charge in [0.1, 0.15) is 6.04 Å². The summed E-state index contributed by atoms with van der Waals surface area (Å²) >= 11 is 0. The van der Waals surface area contributed by atoms with Crippen LogP contribution in [0.4, 0.5) is 0 Å². The van der Waals surface area contributed by atoms with Crippen LogP contribution in [0, 0.1) is 17.8 Å². The Morgan fingerprint density at radius 3 is 2.22 bits per heavy atom. The van der Waals surface area contributed by atoms with Crippen molar-refractivity contribution in [2.24, 2.45) is 17.8 Å². The molecular formula is C24H34N2O5S. The number of esters is 1. The molecule has 1 saturated carbocycles. The minimum absolute atomic E-state index is 0.0417. The summed E-state index contributed by atoms with van der Waals surface area (Å²) in [7, 11) is -2.25. The van der Waals surface area contributed by atoms with Crippen LogP contribution >= 0.6 is 0 Å². The van der Waals surface area contributed by atoms with Crippen molar-refractivity contribution in [3.63, 3.8) is 0 Å². The molecule has 32 heavy (non-hydrogen) atoms. The van der Waals surface area contributed by atoms with Gasteiger partial charge in [-0.15, -0.1) is 0 Å². The predicted molar refractivity (Wildman–Crippen MR) is 120 cm³/mol. The third-order valence-corrected chi connectivity index (χ3v) is 9.22. The second kappa shape index (κ2) is 9.14. The van der Waals surface area contributed by atoms with Crippen LogP contribution in [0.2, 0.25) is 0 Å². The van der Waals surface area contributed by atoms with E-state index in [1.807, 2.05) is 0 Å². The quantitative estimate of drug-likeness (QED) is 0.641. The maximum atomic E-state index is 13.4. The van der Waals surface area contributed by atoms with Crippen molar-refractivity contribution in [3.8, 4) is 0 Å². The number of piperidine rings is 1. The first kappa shape index (κ1) is 23.2. The van der Waals surface area contributed by atoms with Crippen molar-refractivity contribution in [2.75, 3.05) is 20.2 Å². The Hall–Kier alpha value is -1.93. The Morgan fingerprint density at radius 2 is 1.59 bits per heavy atom. The number of benzene rings is 1. The van der Waals surface area contributed by atoms with E-state index in [0.717, 1.165) is 32.1 Å². The minimum atomic E-state index is -3.60. The Balaban J connectivity index is 1.56. The summed E-state index contributed by atoms with van der Waals surface area (Å²) in [5.41, 5.74) is 0.407. The van der Waals surface area contributed by atoms with Gasteiger partial charge < -0.3 is 9.64 Å². The van der Waals surface area contributed by atoms with Crippen molar-refractivity contribution < 1.29 is 22.7 Å². The van der Waals surface area contributed by atoms with Gasteiger partial charge in [0, 0.05) is 24.7 Å². The first-order chi connectivity index (χ1) is 15.2. The van der Waals surface area contributed by atoms with Crippen molar-refractivity contribution in [3.05, 3.63) is 29.8 Å². The fraction of sp³-hybridized carbons (Fsp3) is 0.667. The molecule has 8 heteroatoms. The number of ether oxygens (including phenoxy) is 1. The number of hydrogen-bond acceptors (Lipinski definition) is 5. The third-order valence-electron chi connectivity index (χ3n) is 7.37. The van der Waals surface area contributed by atoms with E-state index in [-0.39, 0.29) is 22.8 Å². The monoisotopic (exact) mass is 462 g/mol. The molecule has 5 atom stereocenters. The first-order valence-electron chi connectivity index (χ1n) is 11.7. The summed E-state index contributed by atoms with van der Waals surface area (Å²) in [5, 5.41) is 0. The van der Waals surface area contributed by atoms with Gasteiger partial charge in [0.2, 0.25) is 10.0 Å². The standard InChI is InChI=1S/C24H34N2O5S/c1-16-12-17(2)15-25(14-16)32(29,30)20-10-8-18(9-11-20)23(27)26-21-7-5-4-6-19(21)13-22(26)24(28)31-3/h8-11,16-17,19,21-22H,4-7,12-15H2,1-3H3. The zero-order chi connectivity index (χ0) is 23.0. The lowest BCUT2D eigenvalue weighted by atomic mass is 9.84. The molecule has 3 aliphatic rings. The Morgan fingerprint density at radius 1 is 0.969 bits per heavy atom. The van der Waals surface area contributed by atoms with Crippen LogP contribution in [0.25, 0.3) is 0 Å². The lowest BCUT2D eigenvalue weighted by Crippen LogP contribution is -2.46. The van der Waals surface area contributed by atoms with E-state index in [0.29, 0.717) is 42.8 Å². The lowest BCUT2D eigenvalue weighted by molar-refractivity contribution is -0.145. The average Bonchev–Trinajstić information content (AvgIpc) is 3.17. The van der Waals surface area contributed by atoms with Crippen LogP contribution in [0.1, 0.15) is 62.7 Å². The summed E-state index contributed by atoms with van der Waals surface area (Å²) < 4.78 is 32.9. The molecular weight excluding hydrogens is 428 g/mol. The molecule has 5 unspecified atom stereocenters. The highest BCUT2D eigenvalue weighted by Gasteiger charge is 2.48. The first-order valence-corrected chi connectivity index (χ1v) is 13.2. The SMILES string of the molecule is COC(=O)C1CC2CCCCC2N1C(=O)c1ccc(S(=O)(=O)N2CC(C)CC(C)C2)cc1. The number of amides is 1. The van der Waals surface area contributed by atoms with Gasteiger partial charge in [0.15, 0.2) is 0 Å². The molecule has 1 amide bonds. The molecule has 0 bridgehead atoms. The number of carbonyl (C=O) groups is 2. The van der Waals surface area contributed by atoms with Crippen LogP contribution in [0.15, 0.2) is 29.2 Å². The molecule has 2 heterocycles. The highest BCUT2D eigenvalue weighted by atomic mass is 32.2. The van der Waals surface area contributed by atoms with Gasteiger partial charge in [-0.1, -0.05) is 26.7 Å². The average molecular weight is 463 g/mol. The van der Waals surface area contributed by atoms with Crippen LogP contribution in [-0.2, 0) is 19.6 Å². The molecule has 1 aromatic rings. The molecule has 0 N–H and O–H groups in total. The van der Waals surface area contributed by atoms with E-state index < -0.39 is 16.1 Å². The number of fused-ring (bicyclic) bond motifs is 1. The number of sulfonamides is 1. The molecule has 2 aliphatic heterocycles. The second-order valence-corrected chi connectivity index (χ2v) is 11.8. The van der Waals surface area contributed by atoms with Gasteiger partial charge in [-0.25, -0.2) is 13.2 Å². The van der Waals surface area contributed by atoms with Crippen LogP contribution in [0.5, 0.6) is 0 Å². The molecule has 0 aromatic heterocycles. The minimum Gasteiger partial charge on any atom is -0.467 e. The maximum absolute atomic E-state index is 13.4. The van der Waals surface area contributed by atoms with Gasteiger partial charge in [0.25, 0.3) is 5.91 Å². The van der Waals surface area contributed by atoms with Gasteiger partial charge in [-0.3, -0.25) is 4.79 Å². The van der Waals surface area contributed by atoms with Gasteiger partial charge in [0.05, 0.1) is 12.0 Å². The summed E-state index contributed by atoms with van der Waals surface area (Å²) in [6.07, 6.45) is 5.74. The fourth-order valence-electron chi connectivity index (χ4n) is 5.97. The topological polar surface area (TPSA) is 84.0 Å².